The molecule has 0 heterocycles. The number of ether oxygens (including phenoxy) is 3. The predicted octanol–water partition coefficient (Wildman–Crippen LogP) is 5.90. The smallest absolute Gasteiger partial charge is 0.408 e. The fraction of sp³-hybridized carbons (Fsp3) is 0.353. The van der Waals surface area contributed by atoms with Crippen LogP contribution in [0.3, 0.4) is 0 Å². The number of carbonyl (C=O) groups excluding carboxylic acids is 4. The van der Waals surface area contributed by atoms with Crippen LogP contribution in [0.25, 0.3) is 11.1 Å². The summed E-state index contributed by atoms with van der Waals surface area (Å²) in [6.45, 7) is 6.78. The minimum Gasteiger partial charge on any atom is -0.459 e. The van der Waals surface area contributed by atoms with Crippen LogP contribution in [-0.4, -0.2) is 48.2 Å². The molecule has 2 atom stereocenters. The van der Waals surface area contributed by atoms with E-state index < -0.39 is 35.8 Å². The van der Waals surface area contributed by atoms with Gasteiger partial charge >= 0.3 is 18.2 Å². The molecule has 0 spiro atoms. The van der Waals surface area contributed by atoms with Crippen molar-refractivity contribution in [2.75, 3.05) is 6.61 Å². The Morgan fingerprint density at radius 3 is 1.95 bits per heavy atom. The molecular weight excluding hydrogens is 548 g/mol. The second kappa shape index (κ2) is 14.0. The standard InChI is InChI=1S/C34H38N2O7/c1-22(35-33(40)43-34(2,3)4)30(37)19-18-29(31(38)41-20-23-12-6-5-7-13-23)36-32(39)42-21-28-26-16-10-8-14-24(26)25-15-9-11-17-27(25)28/h5-17,22,28-29H,18-21H2,1-4H3,(H,35,40)(H,36,39)/t22-,29+/m1/s1. The minimum atomic E-state index is -1.14. The Kier molecular flexibility index (Phi) is 10.2. The number of fused-ring (bicyclic) bond motifs is 3. The number of benzene rings is 3. The number of ketones is 1. The van der Waals surface area contributed by atoms with Crippen molar-refractivity contribution in [3.05, 3.63) is 95.6 Å². The molecule has 2 N–H and O–H groups in total. The highest BCUT2D eigenvalue weighted by Crippen LogP contribution is 2.44. The quantitative estimate of drug-likeness (QED) is 0.212. The number of nitrogens with one attached hydrogen (secondary N) is 2. The summed E-state index contributed by atoms with van der Waals surface area (Å²) in [6.07, 6.45) is -1.66. The summed E-state index contributed by atoms with van der Waals surface area (Å²) in [6, 6.07) is 23.1. The maximum atomic E-state index is 13.1. The molecule has 0 bridgehead atoms. The van der Waals surface area contributed by atoms with Gasteiger partial charge in [0.05, 0.1) is 6.04 Å². The Hall–Kier alpha value is -4.66. The van der Waals surface area contributed by atoms with Crippen molar-refractivity contribution in [1.82, 2.24) is 10.6 Å². The fourth-order valence-corrected chi connectivity index (χ4v) is 4.93. The van der Waals surface area contributed by atoms with Crippen molar-refractivity contribution in [3.63, 3.8) is 0 Å². The van der Waals surface area contributed by atoms with Gasteiger partial charge in [0.15, 0.2) is 5.78 Å². The average molecular weight is 587 g/mol. The first kappa shape index (κ1) is 31.3. The second-order valence-corrected chi connectivity index (χ2v) is 11.5. The zero-order valence-electron chi connectivity index (χ0n) is 24.9. The Labute approximate surface area is 251 Å². The molecule has 1 aliphatic rings. The lowest BCUT2D eigenvalue weighted by Crippen LogP contribution is -2.44. The van der Waals surface area contributed by atoms with Gasteiger partial charge in [-0.25, -0.2) is 14.4 Å². The van der Waals surface area contributed by atoms with Crippen LogP contribution in [0.1, 0.15) is 63.1 Å². The molecule has 0 saturated carbocycles. The predicted molar refractivity (Wildman–Crippen MR) is 161 cm³/mol. The zero-order valence-corrected chi connectivity index (χ0v) is 24.9. The molecule has 4 rings (SSSR count). The number of hydrogen-bond donors (Lipinski definition) is 2. The van der Waals surface area contributed by atoms with E-state index in [1.165, 1.54) is 6.92 Å². The lowest BCUT2D eigenvalue weighted by molar-refractivity contribution is -0.147. The summed E-state index contributed by atoms with van der Waals surface area (Å²) in [5.41, 5.74) is 4.39. The Bertz CT molecular complexity index is 1400. The Morgan fingerprint density at radius 2 is 1.35 bits per heavy atom. The molecule has 0 fully saturated rings. The molecule has 0 aliphatic heterocycles. The summed E-state index contributed by atoms with van der Waals surface area (Å²) in [4.78, 5) is 50.9. The minimum absolute atomic E-state index is 0.00704. The fourth-order valence-electron chi connectivity index (χ4n) is 4.93. The van der Waals surface area contributed by atoms with E-state index in [4.69, 9.17) is 14.2 Å². The van der Waals surface area contributed by atoms with Crippen molar-refractivity contribution in [3.8, 4) is 11.1 Å². The summed E-state index contributed by atoms with van der Waals surface area (Å²) in [5.74, 6) is -1.18. The van der Waals surface area contributed by atoms with Gasteiger partial charge in [0, 0.05) is 12.3 Å². The lowest BCUT2D eigenvalue weighted by atomic mass is 9.98. The number of carbonyl (C=O) groups is 4. The van der Waals surface area contributed by atoms with Crippen molar-refractivity contribution in [2.45, 2.75) is 70.7 Å². The number of alkyl carbamates (subject to hydrolysis) is 2. The molecule has 2 amide bonds. The SMILES string of the molecule is C[C@@H](NC(=O)OC(C)(C)C)C(=O)CC[C@H](NC(=O)OCC1c2ccccc2-c2ccccc21)C(=O)OCc1ccccc1. The molecule has 0 radical (unpaired) electrons. The number of hydrogen-bond acceptors (Lipinski definition) is 7. The molecule has 9 heteroatoms. The molecule has 3 aromatic rings. The normalized spacial score (nSPS) is 13.6. The van der Waals surface area contributed by atoms with E-state index in [0.29, 0.717) is 0 Å². The van der Waals surface area contributed by atoms with Crippen LogP contribution < -0.4 is 10.6 Å². The molecule has 226 valence electrons. The van der Waals surface area contributed by atoms with E-state index >= 15 is 0 Å². The second-order valence-electron chi connectivity index (χ2n) is 11.5. The van der Waals surface area contributed by atoms with Gasteiger partial charge in [0.25, 0.3) is 0 Å². The highest BCUT2D eigenvalue weighted by molar-refractivity contribution is 5.88. The van der Waals surface area contributed by atoms with Gasteiger partial charge < -0.3 is 24.8 Å². The first-order chi connectivity index (χ1) is 20.5. The largest absolute Gasteiger partial charge is 0.459 e. The number of rotatable bonds is 11. The Balaban J connectivity index is 1.38. The van der Waals surface area contributed by atoms with Crippen LogP contribution in [-0.2, 0) is 30.4 Å². The van der Waals surface area contributed by atoms with E-state index in [1.807, 2.05) is 78.9 Å². The maximum absolute atomic E-state index is 13.1. The van der Waals surface area contributed by atoms with E-state index in [9.17, 15) is 19.2 Å². The Morgan fingerprint density at radius 1 is 0.767 bits per heavy atom. The van der Waals surface area contributed by atoms with Gasteiger partial charge in [-0.1, -0.05) is 78.9 Å². The van der Waals surface area contributed by atoms with Gasteiger partial charge in [-0.05, 0) is 61.9 Å². The lowest BCUT2D eigenvalue weighted by Gasteiger charge is -2.22. The zero-order chi connectivity index (χ0) is 31.0. The average Bonchev–Trinajstić information content (AvgIpc) is 3.29. The molecule has 0 saturated heterocycles. The van der Waals surface area contributed by atoms with Gasteiger partial charge in [-0.3, -0.25) is 4.79 Å². The van der Waals surface area contributed by atoms with E-state index in [1.54, 1.807) is 20.8 Å². The van der Waals surface area contributed by atoms with Gasteiger partial charge in [-0.2, -0.15) is 0 Å². The van der Waals surface area contributed by atoms with Crippen LogP contribution in [0.5, 0.6) is 0 Å². The van der Waals surface area contributed by atoms with Gasteiger partial charge in [0.2, 0.25) is 0 Å². The van der Waals surface area contributed by atoms with Crippen LogP contribution in [0, 0.1) is 0 Å². The molecular formula is C34H38N2O7. The molecule has 0 unspecified atom stereocenters. The van der Waals surface area contributed by atoms with Crippen molar-refractivity contribution in [2.24, 2.45) is 0 Å². The highest BCUT2D eigenvalue weighted by Gasteiger charge is 2.31. The van der Waals surface area contributed by atoms with Crippen molar-refractivity contribution >= 4 is 23.9 Å². The van der Waals surface area contributed by atoms with Gasteiger partial charge in [-0.15, -0.1) is 0 Å². The van der Waals surface area contributed by atoms with E-state index in [2.05, 4.69) is 10.6 Å². The molecule has 1 aliphatic carbocycles. The highest BCUT2D eigenvalue weighted by atomic mass is 16.6. The van der Waals surface area contributed by atoms with E-state index in [-0.39, 0.29) is 37.8 Å². The number of Topliss-reactive ketones (excluding diaryl/α,β-unsaturated/α-hetero) is 1. The summed E-state index contributed by atoms with van der Waals surface area (Å²) < 4.78 is 16.3. The topological polar surface area (TPSA) is 120 Å². The third kappa shape index (κ3) is 8.67. The number of amides is 2. The van der Waals surface area contributed by atoms with Crippen LogP contribution in [0.15, 0.2) is 78.9 Å². The van der Waals surface area contributed by atoms with Crippen molar-refractivity contribution < 1.29 is 33.4 Å². The van der Waals surface area contributed by atoms with Crippen LogP contribution in [0.2, 0.25) is 0 Å². The van der Waals surface area contributed by atoms with E-state index in [0.717, 1.165) is 27.8 Å². The molecule has 0 aromatic heterocycles. The van der Waals surface area contributed by atoms with Crippen LogP contribution in [0.4, 0.5) is 9.59 Å². The third-order valence-electron chi connectivity index (χ3n) is 7.04. The maximum Gasteiger partial charge on any atom is 0.408 e. The monoisotopic (exact) mass is 586 g/mol. The first-order valence-corrected chi connectivity index (χ1v) is 14.4. The first-order valence-electron chi connectivity index (χ1n) is 14.4. The molecule has 3 aromatic carbocycles. The summed E-state index contributed by atoms with van der Waals surface area (Å²) in [7, 11) is 0. The summed E-state index contributed by atoms with van der Waals surface area (Å²) in [5, 5.41) is 5.10. The van der Waals surface area contributed by atoms with Crippen molar-refractivity contribution in [1.29, 1.82) is 0 Å². The third-order valence-corrected chi connectivity index (χ3v) is 7.04. The van der Waals surface area contributed by atoms with Crippen LogP contribution >= 0.6 is 0 Å². The number of esters is 1. The van der Waals surface area contributed by atoms with Gasteiger partial charge in [0.1, 0.15) is 24.9 Å². The molecule has 43 heavy (non-hydrogen) atoms. The molecule has 9 nitrogen and oxygen atoms in total. The summed E-state index contributed by atoms with van der Waals surface area (Å²) >= 11 is 0.